The van der Waals surface area contributed by atoms with E-state index >= 15 is 0 Å². The SMILES string of the molecule is O=C(Nc1nc(C(F)(F)F)cs1)NC(CN1CCCC1)c1ccccc1. The van der Waals surface area contributed by atoms with Crippen molar-refractivity contribution >= 4 is 22.5 Å². The zero-order chi connectivity index (χ0) is 18.6. The Balaban J connectivity index is 1.65. The number of hydrogen-bond donors (Lipinski definition) is 2. The molecule has 1 atom stereocenters. The van der Waals surface area contributed by atoms with E-state index in [-0.39, 0.29) is 11.2 Å². The van der Waals surface area contributed by atoms with Crippen molar-refractivity contribution in [1.29, 1.82) is 0 Å². The van der Waals surface area contributed by atoms with Crippen molar-refractivity contribution in [2.24, 2.45) is 0 Å². The van der Waals surface area contributed by atoms with E-state index in [0.717, 1.165) is 48.2 Å². The number of thiazole rings is 1. The lowest BCUT2D eigenvalue weighted by Gasteiger charge is -2.24. The number of amides is 2. The molecule has 1 aromatic heterocycles. The van der Waals surface area contributed by atoms with Crippen molar-refractivity contribution in [3.05, 3.63) is 47.0 Å². The van der Waals surface area contributed by atoms with Crippen molar-refractivity contribution in [1.82, 2.24) is 15.2 Å². The first-order chi connectivity index (χ1) is 12.4. The van der Waals surface area contributed by atoms with E-state index in [1.54, 1.807) is 0 Å². The van der Waals surface area contributed by atoms with Crippen LogP contribution in [0.1, 0.15) is 30.1 Å². The average molecular weight is 384 g/mol. The van der Waals surface area contributed by atoms with E-state index in [1.807, 2.05) is 30.3 Å². The molecular weight excluding hydrogens is 365 g/mol. The normalized spacial score (nSPS) is 16.4. The van der Waals surface area contributed by atoms with Crippen LogP contribution in [-0.2, 0) is 6.18 Å². The number of alkyl halides is 3. The Hall–Kier alpha value is -2.13. The van der Waals surface area contributed by atoms with Crippen LogP contribution in [0.25, 0.3) is 0 Å². The number of likely N-dealkylation sites (tertiary alicyclic amines) is 1. The fraction of sp³-hybridized carbons (Fsp3) is 0.412. The van der Waals surface area contributed by atoms with Gasteiger partial charge in [0.2, 0.25) is 0 Å². The molecule has 0 saturated carbocycles. The summed E-state index contributed by atoms with van der Waals surface area (Å²) in [7, 11) is 0. The standard InChI is InChI=1S/C17H19F3N4OS/c18-17(19,20)14-11-26-16(22-14)23-15(25)21-13(10-24-8-4-5-9-24)12-6-2-1-3-7-12/h1-3,6-7,11,13H,4-5,8-10H2,(H2,21,22,23,25). The molecule has 2 aromatic rings. The Morgan fingerprint density at radius 3 is 2.54 bits per heavy atom. The molecule has 0 aliphatic carbocycles. The highest BCUT2D eigenvalue weighted by atomic mass is 32.1. The number of carbonyl (C=O) groups is 1. The second-order valence-electron chi connectivity index (χ2n) is 6.11. The second kappa shape index (κ2) is 8.05. The Morgan fingerprint density at radius 2 is 1.92 bits per heavy atom. The molecule has 2 N–H and O–H groups in total. The molecule has 9 heteroatoms. The van der Waals surface area contributed by atoms with Crippen molar-refractivity contribution in [3.8, 4) is 0 Å². The number of nitrogens with zero attached hydrogens (tertiary/aromatic N) is 2. The molecule has 1 aromatic carbocycles. The van der Waals surface area contributed by atoms with Gasteiger partial charge in [-0.25, -0.2) is 9.78 Å². The molecule has 1 saturated heterocycles. The Labute approximate surface area is 153 Å². The number of benzene rings is 1. The molecule has 1 unspecified atom stereocenters. The van der Waals surface area contributed by atoms with Crippen LogP contribution in [0.5, 0.6) is 0 Å². The summed E-state index contributed by atoms with van der Waals surface area (Å²) in [6.45, 7) is 2.62. The van der Waals surface area contributed by atoms with E-state index < -0.39 is 17.9 Å². The first kappa shape index (κ1) is 18.7. The van der Waals surface area contributed by atoms with Gasteiger partial charge in [0.1, 0.15) is 0 Å². The first-order valence-corrected chi connectivity index (χ1v) is 9.17. The Morgan fingerprint density at radius 1 is 1.23 bits per heavy atom. The van der Waals surface area contributed by atoms with Gasteiger partial charge in [-0.15, -0.1) is 11.3 Å². The predicted molar refractivity (Wildman–Crippen MR) is 94.1 cm³/mol. The quantitative estimate of drug-likeness (QED) is 0.815. The smallest absolute Gasteiger partial charge is 0.330 e. The zero-order valence-electron chi connectivity index (χ0n) is 13.9. The largest absolute Gasteiger partial charge is 0.434 e. The third kappa shape index (κ3) is 4.95. The fourth-order valence-corrected chi connectivity index (χ4v) is 3.61. The van der Waals surface area contributed by atoms with Crippen LogP contribution in [-0.4, -0.2) is 35.5 Å². The molecule has 0 radical (unpaired) electrons. The average Bonchev–Trinajstić information content (AvgIpc) is 3.26. The minimum atomic E-state index is -4.52. The van der Waals surface area contributed by atoms with Crippen LogP contribution >= 0.6 is 11.3 Å². The van der Waals surface area contributed by atoms with Gasteiger partial charge in [-0.1, -0.05) is 30.3 Å². The lowest BCUT2D eigenvalue weighted by atomic mass is 10.1. The van der Waals surface area contributed by atoms with Gasteiger partial charge >= 0.3 is 12.2 Å². The monoisotopic (exact) mass is 384 g/mol. The lowest BCUT2D eigenvalue weighted by Crippen LogP contribution is -2.39. The molecule has 5 nitrogen and oxygen atoms in total. The minimum absolute atomic E-state index is 0.0807. The van der Waals surface area contributed by atoms with Crippen LogP contribution in [0, 0.1) is 0 Å². The summed E-state index contributed by atoms with van der Waals surface area (Å²) in [5.74, 6) is 0. The summed E-state index contributed by atoms with van der Waals surface area (Å²) in [6, 6.07) is 8.70. The maximum absolute atomic E-state index is 12.6. The highest BCUT2D eigenvalue weighted by Gasteiger charge is 2.34. The van der Waals surface area contributed by atoms with Gasteiger partial charge in [0.25, 0.3) is 0 Å². The van der Waals surface area contributed by atoms with Crippen LogP contribution < -0.4 is 10.6 Å². The summed E-state index contributed by atoms with van der Waals surface area (Å²) in [5.41, 5.74) is -0.0563. The van der Waals surface area contributed by atoms with Gasteiger partial charge in [0, 0.05) is 11.9 Å². The van der Waals surface area contributed by atoms with Crippen LogP contribution in [0.15, 0.2) is 35.7 Å². The third-order valence-electron chi connectivity index (χ3n) is 4.16. The summed E-state index contributed by atoms with van der Waals surface area (Å²) in [6.07, 6.45) is -2.25. The number of hydrogen-bond acceptors (Lipinski definition) is 4. The first-order valence-electron chi connectivity index (χ1n) is 8.29. The molecule has 1 aliphatic heterocycles. The summed E-state index contributed by atoms with van der Waals surface area (Å²) in [5, 5.41) is 6.05. The van der Waals surface area contributed by atoms with Gasteiger partial charge in [-0.05, 0) is 31.5 Å². The molecule has 2 heterocycles. The van der Waals surface area contributed by atoms with Crippen molar-refractivity contribution in [3.63, 3.8) is 0 Å². The van der Waals surface area contributed by atoms with E-state index in [2.05, 4.69) is 20.5 Å². The van der Waals surface area contributed by atoms with E-state index in [9.17, 15) is 18.0 Å². The molecule has 0 bridgehead atoms. The van der Waals surface area contributed by atoms with E-state index in [4.69, 9.17) is 0 Å². The zero-order valence-corrected chi connectivity index (χ0v) is 14.7. The molecule has 2 amide bonds. The number of urea groups is 1. The highest BCUT2D eigenvalue weighted by Crippen LogP contribution is 2.31. The molecule has 26 heavy (non-hydrogen) atoms. The topological polar surface area (TPSA) is 57.3 Å². The van der Waals surface area contributed by atoms with Crippen LogP contribution in [0.2, 0.25) is 0 Å². The number of anilines is 1. The van der Waals surface area contributed by atoms with Crippen LogP contribution in [0.3, 0.4) is 0 Å². The van der Waals surface area contributed by atoms with Crippen molar-refractivity contribution in [2.45, 2.75) is 25.1 Å². The summed E-state index contributed by atoms with van der Waals surface area (Å²) >= 11 is 0.747. The minimum Gasteiger partial charge on any atom is -0.330 e. The maximum atomic E-state index is 12.6. The van der Waals surface area contributed by atoms with E-state index in [0.29, 0.717) is 6.54 Å². The Bertz CT molecular complexity index is 729. The van der Waals surface area contributed by atoms with Crippen LogP contribution in [0.4, 0.5) is 23.1 Å². The van der Waals surface area contributed by atoms with Gasteiger partial charge in [0.05, 0.1) is 6.04 Å². The van der Waals surface area contributed by atoms with Gasteiger partial charge < -0.3 is 10.2 Å². The number of carbonyl (C=O) groups excluding carboxylic acids is 1. The number of rotatable bonds is 5. The molecule has 1 fully saturated rings. The van der Waals surface area contributed by atoms with E-state index in [1.165, 1.54) is 0 Å². The summed E-state index contributed by atoms with van der Waals surface area (Å²) < 4.78 is 37.8. The lowest BCUT2D eigenvalue weighted by molar-refractivity contribution is -0.140. The predicted octanol–water partition coefficient (Wildman–Crippen LogP) is 4.12. The number of nitrogens with one attached hydrogen (secondary N) is 2. The van der Waals surface area contributed by atoms with Gasteiger partial charge in [0.15, 0.2) is 10.8 Å². The van der Waals surface area contributed by atoms with Crippen molar-refractivity contribution in [2.75, 3.05) is 25.0 Å². The molecular formula is C17H19F3N4OS. The third-order valence-corrected chi connectivity index (χ3v) is 4.92. The fourth-order valence-electron chi connectivity index (χ4n) is 2.90. The number of aromatic nitrogens is 1. The van der Waals surface area contributed by atoms with Gasteiger partial charge in [-0.2, -0.15) is 13.2 Å². The molecule has 0 spiro atoms. The molecule has 140 valence electrons. The second-order valence-corrected chi connectivity index (χ2v) is 6.96. The molecule has 3 rings (SSSR count). The maximum Gasteiger partial charge on any atom is 0.434 e. The van der Waals surface area contributed by atoms with Crippen molar-refractivity contribution < 1.29 is 18.0 Å². The Kier molecular flexibility index (Phi) is 5.77. The molecule has 1 aliphatic rings. The highest BCUT2D eigenvalue weighted by molar-refractivity contribution is 7.13. The summed E-state index contributed by atoms with van der Waals surface area (Å²) in [4.78, 5) is 18.0. The van der Waals surface area contributed by atoms with Gasteiger partial charge in [-0.3, -0.25) is 5.32 Å². The number of halogens is 3.